The number of rotatable bonds is 6. The molecule has 1 aliphatic rings. The van der Waals surface area contributed by atoms with E-state index >= 15 is 0 Å². The van der Waals surface area contributed by atoms with Gasteiger partial charge in [-0.2, -0.15) is 0 Å². The van der Waals surface area contributed by atoms with E-state index in [1.54, 1.807) is 14.0 Å². The molecular formula is C14H18BNO4. The first-order chi connectivity index (χ1) is 9.67. The second kappa shape index (κ2) is 6.57. The number of alkyl carbamates (subject to hydrolysis) is 1. The summed E-state index contributed by atoms with van der Waals surface area (Å²) < 4.78 is 15.4. The van der Waals surface area contributed by atoms with Gasteiger partial charge >= 0.3 is 118 Å². The molecule has 6 heteroatoms. The monoisotopic (exact) mass is 275 g/mol. The number of carbonyl (C=O) groups is 1. The molecule has 0 aliphatic carbocycles. The van der Waals surface area contributed by atoms with Gasteiger partial charge in [0.1, 0.15) is 0 Å². The Bertz CT molecular complexity index is 471. The van der Waals surface area contributed by atoms with Crippen molar-refractivity contribution in [2.24, 2.45) is 0 Å². The van der Waals surface area contributed by atoms with Gasteiger partial charge in [-0.15, -0.1) is 0 Å². The van der Waals surface area contributed by atoms with Crippen LogP contribution in [-0.4, -0.2) is 45.3 Å². The number of methoxy groups -OCH3 is 1. The molecule has 2 rings (SSSR count). The molecule has 0 saturated carbocycles. The molecule has 1 aromatic rings. The molecule has 0 unspecified atom stereocenters. The third kappa shape index (κ3) is 3.60. The number of ether oxygens (including phenoxy) is 3. The average Bonchev–Trinajstić information content (AvgIpc) is 2.43. The minimum absolute atomic E-state index is 0.223. The second-order valence-corrected chi connectivity index (χ2v) is 4.82. The molecule has 0 spiro atoms. The maximum absolute atomic E-state index is 11.8. The summed E-state index contributed by atoms with van der Waals surface area (Å²) in [5, 5.41) is 2.84. The van der Waals surface area contributed by atoms with Crippen LogP contribution in [-0.2, 0) is 16.1 Å². The Morgan fingerprint density at radius 3 is 2.65 bits per heavy atom. The Morgan fingerprint density at radius 1 is 1.45 bits per heavy atom. The molecule has 1 aliphatic heterocycles. The summed E-state index contributed by atoms with van der Waals surface area (Å²) >= 11 is 0. The molecule has 1 heterocycles. The van der Waals surface area contributed by atoms with Gasteiger partial charge in [-0.25, -0.2) is 0 Å². The topological polar surface area (TPSA) is 56.8 Å². The van der Waals surface area contributed by atoms with Crippen LogP contribution in [0.2, 0.25) is 6.32 Å². The van der Waals surface area contributed by atoms with E-state index in [0.29, 0.717) is 19.5 Å². The van der Waals surface area contributed by atoms with E-state index in [4.69, 9.17) is 14.2 Å². The zero-order valence-electron chi connectivity index (χ0n) is 11.6. The fourth-order valence-electron chi connectivity index (χ4n) is 1.99. The molecule has 1 amide bonds. The van der Waals surface area contributed by atoms with E-state index in [9.17, 15) is 4.79 Å². The molecular weight excluding hydrogens is 257 g/mol. The summed E-state index contributed by atoms with van der Waals surface area (Å²) in [6, 6.07) is 7.38. The molecule has 0 bridgehead atoms. The van der Waals surface area contributed by atoms with Gasteiger partial charge in [0.2, 0.25) is 0 Å². The molecule has 5 nitrogen and oxygen atoms in total. The molecule has 0 aromatic heterocycles. The van der Waals surface area contributed by atoms with Crippen molar-refractivity contribution in [3.63, 3.8) is 0 Å². The van der Waals surface area contributed by atoms with E-state index in [0.717, 1.165) is 11.3 Å². The van der Waals surface area contributed by atoms with Gasteiger partial charge in [0.05, 0.1) is 0 Å². The Labute approximate surface area is 119 Å². The van der Waals surface area contributed by atoms with E-state index in [1.807, 2.05) is 24.3 Å². The van der Waals surface area contributed by atoms with Crippen LogP contribution in [0.4, 0.5) is 4.79 Å². The molecule has 1 fully saturated rings. The molecule has 1 aromatic carbocycles. The number of hydrogen-bond donors (Lipinski definition) is 1. The van der Waals surface area contributed by atoms with Crippen molar-refractivity contribution < 1.29 is 19.0 Å². The van der Waals surface area contributed by atoms with Gasteiger partial charge < -0.3 is 0 Å². The van der Waals surface area contributed by atoms with E-state index < -0.39 is 6.09 Å². The SMILES string of the molecule is C=BCC1(NC(=O)OCc2ccc(OC)cc2)COC1. The first-order valence-electron chi connectivity index (χ1n) is 6.44. The molecule has 20 heavy (non-hydrogen) atoms. The fraction of sp³-hybridized carbons (Fsp3) is 0.429. The van der Waals surface area contributed by atoms with Crippen LogP contribution in [0.3, 0.4) is 0 Å². The van der Waals surface area contributed by atoms with Crippen LogP contribution in [0.15, 0.2) is 24.3 Å². The number of carbonyl (C=O) groups excluding carboxylic acids is 1. The second-order valence-electron chi connectivity index (χ2n) is 4.82. The fourth-order valence-corrected chi connectivity index (χ4v) is 1.99. The molecule has 1 N–H and O–H groups in total. The van der Waals surface area contributed by atoms with Crippen LogP contribution in [0.25, 0.3) is 0 Å². The Balaban J connectivity index is 1.80. The van der Waals surface area contributed by atoms with Crippen molar-refractivity contribution >= 4 is 19.5 Å². The van der Waals surface area contributed by atoms with Gasteiger partial charge in [0.25, 0.3) is 0 Å². The normalized spacial score (nSPS) is 15.7. The van der Waals surface area contributed by atoms with Gasteiger partial charge in [-0.05, 0) is 0 Å². The summed E-state index contributed by atoms with van der Waals surface area (Å²) in [5.41, 5.74) is 0.558. The molecule has 0 radical (unpaired) electrons. The predicted octanol–water partition coefficient (Wildman–Crippen LogP) is 1.24. The van der Waals surface area contributed by atoms with Gasteiger partial charge in [-0.3, -0.25) is 0 Å². The van der Waals surface area contributed by atoms with E-state index in [-0.39, 0.29) is 12.1 Å². The van der Waals surface area contributed by atoms with Crippen LogP contribution in [0.1, 0.15) is 5.56 Å². The van der Waals surface area contributed by atoms with E-state index in [2.05, 4.69) is 11.8 Å². The minimum atomic E-state index is -0.439. The third-order valence-corrected chi connectivity index (χ3v) is 3.19. The molecule has 0 atom stereocenters. The quantitative estimate of drug-likeness (QED) is 0.794. The Morgan fingerprint density at radius 2 is 2.15 bits per heavy atom. The zero-order valence-corrected chi connectivity index (χ0v) is 11.6. The first kappa shape index (κ1) is 14.6. The predicted molar refractivity (Wildman–Crippen MR) is 77.5 cm³/mol. The zero-order chi connectivity index (χ0) is 14.4. The standard InChI is InChI=1S/C14H18BNO4/c1-15-8-14(9-19-10-14)16-13(17)20-7-11-3-5-12(18-2)6-4-11/h3-6H,1,7-10H2,2H3,(H,16,17). The Kier molecular flexibility index (Phi) is 4.79. The Hall–Kier alpha value is -1.82. The van der Waals surface area contributed by atoms with Crippen molar-refractivity contribution in [1.29, 1.82) is 0 Å². The van der Waals surface area contributed by atoms with Crippen LogP contribution in [0.5, 0.6) is 5.75 Å². The van der Waals surface area contributed by atoms with Crippen LogP contribution in [0, 0.1) is 0 Å². The average molecular weight is 275 g/mol. The van der Waals surface area contributed by atoms with Crippen molar-refractivity contribution in [3.8, 4) is 5.75 Å². The summed E-state index contributed by atoms with van der Waals surface area (Å²) in [4.78, 5) is 11.8. The van der Waals surface area contributed by atoms with Gasteiger partial charge in [-0.1, -0.05) is 0 Å². The summed E-state index contributed by atoms with van der Waals surface area (Å²) in [7, 11) is 1.61. The first-order valence-corrected chi connectivity index (χ1v) is 6.44. The maximum atomic E-state index is 11.8. The number of benzene rings is 1. The van der Waals surface area contributed by atoms with Gasteiger partial charge in [0.15, 0.2) is 0 Å². The van der Waals surface area contributed by atoms with Crippen molar-refractivity contribution in [1.82, 2.24) is 5.32 Å². The van der Waals surface area contributed by atoms with Crippen molar-refractivity contribution in [2.75, 3.05) is 20.3 Å². The number of hydrogen-bond acceptors (Lipinski definition) is 4. The third-order valence-electron chi connectivity index (χ3n) is 3.19. The van der Waals surface area contributed by atoms with E-state index in [1.165, 1.54) is 0 Å². The number of amides is 1. The number of nitrogens with one attached hydrogen (secondary N) is 1. The molecule has 1 saturated heterocycles. The summed E-state index contributed by atoms with van der Waals surface area (Å²) in [5.74, 6) is 0.773. The van der Waals surface area contributed by atoms with Crippen LogP contribution >= 0.6 is 0 Å². The van der Waals surface area contributed by atoms with Crippen molar-refractivity contribution in [2.45, 2.75) is 18.5 Å². The van der Waals surface area contributed by atoms with Crippen molar-refractivity contribution in [3.05, 3.63) is 29.8 Å². The summed E-state index contributed by atoms with van der Waals surface area (Å²) in [6.45, 7) is 6.67. The van der Waals surface area contributed by atoms with Crippen LogP contribution < -0.4 is 10.1 Å². The summed E-state index contributed by atoms with van der Waals surface area (Å²) in [6.07, 6.45) is 0.232. The molecule has 106 valence electrons. The van der Waals surface area contributed by atoms with Gasteiger partial charge in [0, 0.05) is 0 Å².